The lowest BCUT2D eigenvalue weighted by molar-refractivity contribution is 0.425. The first-order valence-corrected chi connectivity index (χ1v) is 8.92. The minimum absolute atomic E-state index is 0. The van der Waals surface area contributed by atoms with Gasteiger partial charge >= 0.3 is 0 Å². The second kappa shape index (κ2) is 8.23. The first kappa shape index (κ1) is 18.3. The maximum absolute atomic E-state index is 6.42. The molecule has 2 heterocycles. The number of benzene rings is 2. The van der Waals surface area contributed by atoms with Crippen molar-refractivity contribution in [2.24, 2.45) is 0 Å². The number of nitrogens with one attached hydrogen (secondary N) is 1. The molecule has 0 amide bonds. The molecule has 0 saturated heterocycles. The number of halogens is 2. The van der Waals surface area contributed by atoms with Gasteiger partial charge in [0, 0.05) is 17.3 Å². The minimum Gasteiger partial charge on any atom is -0.308 e. The molecule has 1 aromatic heterocycles. The fourth-order valence-corrected chi connectivity index (χ4v) is 4.27. The number of anilines is 1. The van der Waals surface area contributed by atoms with Crippen molar-refractivity contribution in [3.05, 3.63) is 89.2 Å². The minimum atomic E-state index is 0. The molecule has 1 unspecified atom stereocenters. The molecule has 1 aliphatic rings. The maximum atomic E-state index is 6.42. The van der Waals surface area contributed by atoms with Crippen LogP contribution in [0.5, 0.6) is 0 Å². The average Bonchev–Trinajstić information content (AvgIpc) is 2.96. The number of pyridine rings is 1. The molecule has 1 N–H and O–H groups in total. The van der Waals surface area contributed by atoms with Crippen molar-refractivity contribution in [3.8, 4) is 0 Å². The normalized spacial score (nSPS) is 16.1. The Kier molecular flexibility index (Phi) is 6.02. The summed E-state index contributed by atoms with van der Waals surface area (Å²) in [5, 5.41) is 0.801. The van der Waals surface area contributed by atoms with Gasteiger partial charge in [-0.15, -0.1) is 17.0 Å². The van der Waals surface area contributed by atoms with Gasteiger partial charge in [0.15, 0.2) is 0 Å². The number of fused-ring (bicyclic) bond motifs is 1. The number of nitrogens with zero attached hydrogens (tertiary/aromatic N) is 2. The van der Waals surface area contributed by atoms with E-state index in [4.69, 9.17) is 11.6 Å². The standard InChI is InChI=1S/C19H16ClN3S.BrH/c20-17-8-4-7-16-18(13-14-5-2-1-3-6-14)23(24-19(16)17)22-15-9-11-21-12-10-15;/h1-12,18H,13H2,(H,21,22);1H. The summed E-state index contributed by atoms with van der Waals surface area (Å²) in [6, 6.07) is 20.8. The summed E-state index contributed by atoms with van der Waals surface area (Å²) in [4.78, 5) is 5.20. The highest BCUT2D eigenvalue weighted by Gasteiger charge is 2.33. The van der Waals surface area contributed by atoms with E-state index in [2.05, 4.69) is 45.2 Å². The van der Waals surface area contributed by atoms with Crippen LogP contribution in [0, 0.1) is 0 Å². The van der Waals surface area contributed by atoms with Crippen LogP contribution in [0.2, 0.25) is 5.02 Å². The highest BCUT2D eigenvalue weighted by Crippen LogP contribution is 2.48. The predicted molar refractivity (Wildman–Crippen MR) is 110 cm³/mol. The first-order chi connectivity index (χ1) is 11.8. The molecule has 0 fully saturated rings. The zero-order valence-corrected chi connectivity index (χ0v) is 16.6. The summed E-state index contributed by atoms with van der Waals surface area (Å²) in [6.45, 7) is 0. The third-order valence-corrected chi connectivity index (χ3v) is 5.63. The van der Waals surface area contributed by atoms with Gasteiger partial charge < -0.3 is 5.43 Å². The van der Waals surface area contributed by atoms with Gasteiger partial charge in [0.25, 0.3) is 0 Å². The van der Waals surface area contributed by atoms with E-state index in [9.17, 15) is 0 Å². The summed E-state index contributed by atoms with van der Waals surface area (Å²) in [6.07, 6.45) is 4.49. The number of hydrazine groups is 1. The van der Waals surface area contributed by atoms with Crippen molar-refractivity contribution in [2.75, 3.05) is 5.43 Å². The van der Waals surface area contributed by atoms with Crippen LogP contribution >= 0.6 is 40.5 Å². The number of hydrogen-bond acceptors (Lipinski definition) is 4. The zero-order valence-electron chi connectivity index (χ0n) is 13.3. The van der Waals surface area contributed by atoms with Gasteiger partial charge in [-0.2, -0.15) is 4.41 Å². The molecule has 128 valence electrons. The first-order valence-electron chi connectivity index (χ1n) is 7.77. The monoisotopic (exact) mass is 433 g/mol. The van der Waals surface area contributed by atoms with Crippen LogP contribution in [-0.2, 0) is 6.42 Å². The molecule has 0 spiro atoms. The molecule has 1 atom stereocenters. The lowest BCUT2D eigenvalue weighted by Crippen LogP contribution is -2.25. The van der Waals surface area contributed by atoms with Gasteiger partial charge in [-0.1, -0.05) is 54.1 Å². The van der Waals surface area contributed by atoms with Crippen molar-refractivity contribution >= 4 is 46.2 Å². The quantitative estimate of drug-likeness (QED) is 0.514. The number of hydrogen-bond donors (Lipinski definition) is 1. The molecule has 6 heteroatoms. The average molecular weight is 435 g/mol. The molecule has 0 saturated carbocycles. The Morgan fingerprint density at radius 3 is 2.52 bits per heavy atom. The molecule has 25 heavy (non-hydrogen) atoms. The molecular weight excluding hydrogens is 418 g/mol. The van der Waals surface area contributed by atoms with E-state index in [0.29, 0.717) is 0 Å². The van der Waals surface area contributed by atoms with E-state index in [1.807, 2.05) is 30.3 Å². The molecule has 0 radical (unpaired) electrons. The van der Waals surface area contributed by atoms with Crippen LogP contribution in [0.4, 0.5) is 5.69 Å². The molecule has 3 aromatic rings. The van der Waals surface area contributed by atoms with E-state index in [1.165, 1.54) is 11.1 Å². The number of rotatable bonds is 4. The van der Waals surface area contributed by atoms with Crippen molar-refractivity contribution < 1.29 is 0 Å². The Labute approximate surface area is 167 Å². The predicted octanol–water partition coefficient (Wildman–Crippen LogP) is 5.95. The third kappa shape index (κ3) is 4.01. The van der Waals surface area contributed by atoms with Crippen molar-refractivity contribution in [3.63, 3.8) is 0 Å². The van der Waals surface area contributed by atoms with Gasteiger partial charge in [-0.05, 0) is 47.7 Å². The molecule has 1 aliphatic heterocycles. The Hall–Kier alpha value is -1.53. The van der Waals surface area contributed by atoms with E-state index >= 15 is 0 Å². The fourth-order valence-electron chi connectivity index (χ4n) is 2.86. The molecule has 0 aliphatic carbocycles. The summed E-state index contributed by atoms with van der Waals surface area (Å²) in [5.74, 6) is 0. The van der Waals surface area contributed by atoms with Crippen molar-refractivity contribution in [2.45, 2.75) is 17.4 Å². The second-order valence-electron chi connectivity index (χ2n) is 5.63. The van der Waals surface area contributed by atoms with E-state index in [0.717, 1.165) is 22.0 Å². The van der Waals surface area contributed by atoms with Gasteiger partial charge in [-0.25, -0.2) is 0 Å². The smallest absolute Gasteiger partial charge is 0.0711 e. The van der Waals surface area contributed by atoms with Crippen molar-refractivity contribution in [1.82, 2.24) is 9.40 Å². The van der Waals surface area contributed by atoms with Gasteiger partial charge in [-0.3, -0.25) is 4.98 Å². The van der Waals surface area contributed by atoms with E-state index in [-0.39, 0.29) is 23.0 Å². The molecule has 4 rings (SSSR count). The molecular formula is C19H17BrClN3S. The van der Waals surface area contributed by atoms with E-state index in [1.54, 1.807) is 24.3 Å². The Morgan fingerprint density at radius 2 is 1.76 bits per heavy atom. The summed E-state index contributed by atoms with van der Waals surface area (Å²) < 4.78 is 2.18. The molecule has 0 bridgehead atoms. The van der Waals surface area contributed by atoms with Crippen LogP contribution in [0.25, 0.3) is 0 Å². The highest BCUT2D eigenvalue weighted by atomic mass is 79.9. The largest absolute Gasteiger partial charge is 0.308 e. The van der Waals surface area contributed by atoms with Crippen molar-refractivity contribution in [1.29, 1.82) is 0 Å². The molecule has 2 aromatic carbocycles. The van der Waals surface area contributed by atoms with Crippen LogP contribution in [-0.4, -0.2) is 9.40 Å². The van der Waals surface area contributed by atoms with E-state index < -0.39 is 0 Å². The lowest BCUT2D eigenvalue weighted by Gasteiger charge is -2.25. The third-order valence-electron chi connectivity index (χ3n) is 4.02. The maximum Gasteiger partial charge on any atom is 0.0711 e. The van der Waals surface area contributed by atoms with Crippen LogP contribution in [0.1, 0.15) is 17.2 Å². The summed E-state index contributed by atoms with van der Waals surface area (Å²) in [5.41, 5.74) is 7.06. The number of aromatic nitrogens is 1. The lowest BCUT2D eigenvalue weighted by atomic mass is 9.99. The zero-order chi connectivity index (χ0) is 16.4. The summed E-state index contributed by atoms with van der Waals surface area (Å²) in [7, 11) is 0. The van der Waals surface area contributed by atoms with Crippen LogP contribution in [0.15, 0.2) is 78.0 Å². The van der Waals surface area contributed by atoms with Gasteiger partial charge in [0.2, 0.25) is 0 Å². The summed E-state index contributed by atoms with van der Waals surface area (Å²) >= 11 is 8.08. The highest BCUT2D eigenvalue weighted by molar-refractivity contribution is 8.93. The topological polar surface area (TPSA) is 28.2 Å². The van der Waals surface area contributed by atoms with Gasteiger partial charge in [0.05, 0.1) is 16.8 Å². The molecule has 3 nitrogen and oxygen atoms in total. The Morgan fingerprint density at radius 1 is 1.00 bits per heavy atom. The SMILES string of the molecule is Br.Clc1cccc2c1SN(Nc1ccncc1)C2Cc1ccccc1. The Balaban J connectivity index is 0.00000182. The second-order valence-corrected chi connectivity index (χ2v) is 7.02. The van der Waals surface area contributed by atoms with Crippen LogP contribution < -0.4 is 5.43 Å². The Bertz CT molecular complexity index is 833. The fraction of sp³-hybridized carbons (Fsp3) is 0.105. The van der Waals surface area contributed by atoms with Gasteiger partial charge in [0.1, 0.15) is 0 Å². The van der Waals surface area contributed by atoms with Crippen LogP contribution in [0.3, 0.4) is 0 Å².